The van der Waals surface area contributed by atoms with Gasteiger partial charge in [0.15, 0.2) is 0 Å². The van der Waals surface area contributed by atoms with Gasteiger partial charge in [-0.1, -0.05) is 23.7 Å². The Morgan fingerprint density at radius 3 is 2.37 bits per heavy atom. The molecule has 2 aromatic rings. The molecule has 1 unspecified atom stereocenters. The Labute approximate surface area is 203 Å². The van der Waals surface area contributed by atoms with Crippen molar-refractivity contribution in [2.75, 3.05) is 13.2 Å². The Morgan fingerprint density at radius 2 is 1.80 bits per heavy atom. The maximum Gasteiger partial charge on any atom is 0.416 e. The Balaban J connectivity index is 2.05. The first-order valence-electron chi connectivity index (χ1n) is 9.84. The number of nitrogens with two attached hydrogens (primary N) is 2. The second-order valence-electron chi connectivity index (χ2n) is 7.05. The second kappa shape index (κ2) is 12.0. The van der Waals surface area contributed by atoms with Crippen LogP contribution in [0, 0.1) is 0 Å². The summed E-state index contributed by atoms with van der Waals surface area (Å²) in [5.74, 6) is -1.28. The summed E-state index contributed by atoms with van der Waals surface area (Å²) in [4.78, 5) is 15.6. The molecule has 0 aliphatic rings. The Bertz CT molecular complexity index is 1160. The summed E-state index contributed by atoms with van der Waals surface area (Å²) < 4.78 is 71.6. The van der Waals surface area contributed by atoms with E-state index in [1.807, 2.05) is 4.72 Å². The van der Waals surface area contributed by atoms with Crippen LogP contribution in [0.5, 0.6) is 5.75 Å². The lowest BCUT2D eigenvalue weighted by Crippen LogP contribution is -2.42. The third-order valence-corrected chi connectivity index (χ3v) is 6.28. The molecule has 35 heavy (non-hydrogen) atoms. The van der Waals surface area contributed by atoms with E-state index in [0.717, 1.165) is 6.07 Å². The highest BCUT2D eigenvalue weighted by atomic mass is 35.5. The molecular weight excluding hydrogens is 517 g/mol. The van der Waals surface area contributed by atoms with Gasteiger partial charge in [-0.05, 0) is 47.5 Å². The average molecular weight is 539 g/mol. The molecule has 0 saturated heterocycles. The fourth-order valence-electron chi connectivity index (χ4n) is 2.71. The monoisotopic (exact) mass is 538 g/mol. The topological polar surface area (TPSA) is 166 Å². The Kier molecular flexibility index (Phi) is 9.56. The van der Waals surface area contributed by atoms with Gasteiger partial charge in [0.05, 0.1) is 17.2 Å². The van der Waals surface area contributed by atoms with Gasteiger partial charge in [-0.3, -0.25) is 4.79 Å². The van der Waals surface area contributed by atoms with E-state index < -0.39 is 43.7 Å². The number of carboxylic acid groups (broad SMARTS) is 1. The first kappa shape index (κ1) is 28.0. The fourth-order valence-corrected chi connectivity index (χ4v) is 4.42. The van der Waals surface area contributed by atoms with E-state index in [-0.39, 0.29) is 25.6 Å². The molecule has 192 valence electrons. The number of ether oxygens (including phenoxy) is 1. The standard InChI is InChI=1S/C20H22ClF3N4O6S/c21-15-7-4-13(20(22,23)24)11-17(15)35(31,32)28-16(18(29)30)10-12-2-5-14(6-3-12)33-8-1-9-34-27-19(25)26/h2-7,11,16,28H,1,8-10H2,(H,29,30)(H4,25,26,27). The number of nitrogens with one attached hydrogen (secondary N) is 1. The van der Waals surface area contributed by atoms with Crippen molar-refractivity contribution < 1.29 is 41.1 Å². The van der Waals surface area contributed by atoms with Gasteiger partial charge in [0, 0.05) is 6.42 Å². The van der Waals surface area contributed by atoms with E-state index >= 15 is 0 Å². The van der Waals surface area contributed by atoms with Crippen LogP contribution in [0.15, 0.2) is 52.5 Å². The summed E-state index contributed by atoms with van der Waals surface area (Å²) in [6.07, 6.45) is -4.64. The van der Waals surface area contributed by atoms with Crippen LogP contribution in [-0.4, -0.2) is 44.7 Å². The molecule has 0 bridgehead atoms. The molecular formula is C20H22ClF3N4O6S. The van der Waals surface area contributed by atoms with Crippen molar-refractivity contribution >= 4 is 33.6 Å². The summed E-state index contributed by atoms with van der Waals surface area (Å²) in [6.45, 7) is 0.487. The van der Waals surface area contributed by atoms with Gasteiger partial charge in [0.1, 0.15) is 23.3 Å². The molecule has 0 saturated carbocycles. The summed E-state index contributed by atoms with van der Waals surface area (Å²) in [5, 5.41) is 12.3. The molecule has 0 heterocycles. The minimum Gasteiger partial charge on any atom is -0.493 e. The quantitative estimate of drug-likeness (QED) is 0.138. The number of hydrogen-bond acceptors (Lipinski definition) is 6. The van der Waals surface area contributed by atoms with Crippen molar-refractivity contribution in [3.05, 3.63) is 58.6 Å². The molecule has 6 N–H and O–H groups in total. The van der Waals surface area contributed by atoms with Gasteiger partial charge in [0.25, 0.3) is 0 Å². The molecule has 0 aliphatic carbocycles. The number of benzene rings is 2. The van der Waals surface area contributed by atoms with Crippen molar-refractivity contribution in [1.82, 2.24) is 4.72 Å². The maximum absolute atomic E-state index is 13.0. The number of guanidine groups is 1. The van der Waals surface area contributed by atoms with Gasteiger partial charge in [-0.25, -0.2) is 8.42 Å². The first-order valence-corrected chi connectivity index (χ1v) is 11.7. The molecule has 0 aromatic heterocycles. The van der Waals surface area contributed by atoms with Crippen LogP contribution in [0.25, 0.3) is 0 Å². The van der Waals surface area contributed by atoms with E-state index in [0.29, 0.717) is 29.9 Å². The maximum atomic E-state index is 13.0. The SMILES string of the molecule is NC(N)=NOCCCOc1ccc(CC(NS(=O)(=O)c2cc(C(F)(F)F)ccc2Cl)C(=O)O)cc1. The van der Waals surface area contributed by atoms with Gasteiger partial charge in [0.2, 0.25) is 16.0 Å². The first-order chi connectivity index (χ1) is 16.3. The molecule has 15 heteroatoms. The van der Waals surface area contributed by atoms with Crippen molar-refractivity contribution in [2.24, 2.45) is 16.6 Å². The zero-order valence-corrected chi connectivity index (χ0v) is 19.5. The van der Waals surface area contributed by atoms with E-state index in [1.165, 1.54) is 12.1 Å². The molecule has 0 radical (unpaired) electrons. The van der Waals surface area contributed by atoms with E-state index in [2.05, 4.69) is 5.16 Å². The van der Waals surface area contributed by atoms with E-state index in [9.17, 15) is 31.5 Å². The third-order valence-electron chi connectivity index (χ3n) is 4.33. The average Bonchev–Trinajstić information content (AvgIpc) is 2.75. The normalized spacial score (nSPS) is 12.6. The number of oxime groups is 1. The number of halogens is 4. The van der Waals surface area contributed by atoms with Crippen LogP contribution in [0.1, 0.15) is 17.5 Å². The van der Waals surface area contributed by atoms with Crippen LogP contribution in [-0.2, 0) is 32.3 Å². The summed E-state index contributed by atoms with van der Waals surface area (Å²) in [6, 6.07) is 6.20. The van der Waals surface area contributed by atoms with Crippen LogP contribution < -0.4 is 20.9 Å². The minimum atomic E-state index is -4.82. The minimum absolute atomic E-state index is 0.207. The summed E-state index contributed by atoms with van der Waals surface area (Å²) in [5.41, 5.74) is 9.40. The highest BCUT2D eigenvalue weighted by Gasteiger charge is 2.34. The van der Waals surface area contributed by atoms with Crippen LogP contribution in [0.4, 0.5) is 13.2 Å². The summed E-state index contributed by atoms with van der Waals surface area (Å²) in [7, 11) is -4.70. The molecule has 0 fully saturated rings. The van der Waals surface area contributed by atoms with Crippen molar-refractivity contribution in [2.45, 2.75) is 30.0 Å². The van der Waals surface area contributed by atoms with Gasteiger partial charge in [-0.2, -0.15) is 17.9 Å². The molecule has 10 nitrogen and oxygen atoms in total. The number of sulfonamides is 1. The lowest BCUT2D eigenvalue weighted by Gasteiger charge is -2.17. The zero-order valence-electron chi connectivity index (χ0n) is 18.0. The van der Waals surface area contributed by atoms with Crippen molar-refractivity contribution in [3.63, 3.8) is 0 Å². The third kappa shape index (κ3) is 8.81. The lowest BCUT2D eigenvalue weighted by molar-refractivity contribution is -0.139. The van der Waals surface area contributed by atoms with Gasteiger partial charge >= 0.3 is 12.1 Å². The highest BCUT2D eigenvalue weighted by Crippen LogP contribution is 2.33. The fraction of sp³-hybridized carbons (Fsp3) is 0.300. The molecule has 2 aromatic carbocycles. The second-order valence-corrected chi connectivity index (χ2v) is 9.14. The number of rotatable bonds is 12. The Morgan fingerprint density at radius 1 is 1.14 bits per heavy atom. The van der Waals surface area contributed by atoms with Gasteiger partial charge < -0.3 is 26.1 Å². The number of nitrogens with zero attached hydrogens (tertiary/aromatic N) is 1. The highest BCUT2D eigenvalue weighted by molar-refractivity contribution is 7.89. The van der Waals surface area contributed by atoms with E-state index in [1.54, 1.807) is 12.1 Å². The molecule has 1 atom stereocenters. The molecule has 0 spiro atoms. The van der Waals surface area contributed by atoms with Crippen LogP contribution >= 0.6 is 11.6 Å². The number of aliphatic carboxylic acids is 1. The largest absolute Gasteiger partial charge is 0.493 e. The lowest BCUT2D eigenvalue weighted by atomic mass is 10.1. The predicted molar refractivity (Wildman–Crippen MR) is 120 cm³/mol. The number of alkyl halides is 3. The number of carboxylic acids is 1. The van der Waals surface area contributed by atoms with Crippen LogP contribution in [0.2, 0.25) is 5.02 Å². The molecule has 0 amide bonds. The smallest absolute Gasteiger partial charge is 0.416 e. The summed E-state index contributed by atoms with van der Waals surface area (Å²) >= 11 is 5.78. The number of carbonyl (C=O) groups is 1. The molecule has 0 aliphatic heterocycles. The van der Waals surface area contributed by atoms with E-state index in [4.69, 9.17) is 32.6 Å². The van der Waals surface area contributed by atoms with Crippen molar-refractivity contribution in [1.29, 1.82) is 0 Å². The zero-order chi connectivity index (χ0) is 26.2. The van der Waals surface area contributed by atoms with Crippen LogP contribution in [0.3, 0.4) is 0 Å². The van der Waals surface area contributed by atoms with Gasteiger partial charge in [-0.15, -0.1) is 0 Å². The Hall–Kier alpha value is -3.23. The van der Waals surface area contributed by atoms with Crippen molar-refractivity contribution in [3.8, 4) is 5.75 Å². The molecule has 2 rings (SSSR count). The number of hydrogen-bond donors (Lipinski definition) is 4. The predicted octanol–water partition coefficient (Wildman–Crippen LogP) is 2.31.